The Morgan fingerprint density at radius 1 is 1.53 bits per heavy atom. The second-order valence-electron chi connectivity index (χ2n) is 4.59. The molecule has 2 heterocycles. The van der Waals surface area contributed by atoms with Crippen LogP contribution in [0.15, 0.2) is 12.3 Å². The number of hydrogen-bond donors (Lipinski definition) is 1. The largest absolute Gasteiger partial charge is 0.478 e. The molecular formula is C12H20N4O. The van der Waals surface area contributed by atoms with Crippen molar-refractivity contribution in [3.8, 4) is 5.88 Å². The first-order valence-electron chi connectivity index (χ1n) is 6.17. The van der Waals surface area contributed by atoms with Crippen molar-refractivity contribution in [2.45, 2.75) is 26.3 Å². The van der Waals surface area contributed by atoms with Gasteiger partial charge in [-0.1, -0.05) is 13.8 Å². The van der Waals surface area contributed by atoms with Crippen LogP contribution in [0.5, 0.6) is 5.88 Å². The fraction of sp³-hybridized carbons (Fsp3) is 0.667. The minimum atomic E-state index is 0.207. The molecule has 1 aliphatic rings. The topological polar surface area (TPSA) is 64.3 Å². The van der Waals surface area contributed by atoms with Gasteiger partial charge >= 0.3 is 0 Å². The standard InChI is InChI=1S/C12H20N4O/c1-3-6-17-11-4-5-14-12(15-11)16-7-9(2)10(13)8-16/h4-5,9-10H,3,6-8,13H2,1-2H3. The number of anilines is 1. The van der Waals surface area contributed by atoms with E-state index in [9.17, 15) is 0 Å². The highest BCUT2D eigenvalue weighted by Gasteiger charge is 2.28. The highest BCUT2D eigenvalue weighted by Crippen LogP contribution is 2.20. The lowest BCUT2D eigenvalue weighted by molar-refractivity contribution is 0.305. The van der Waals surface area contributed by atoms with Crippen LogP contribution in [-0.4, -0.2) is 35.7 Å². The molecule has 2 rings (SSSR count). The number of rotatable bonds is 4. The predicted octanol–water partition coefficient (Wildman–Crippen LogP) is 1.05. The highest BCUT2D eigenvalue weighted by molar-refractivity contribution is 5.34. The molecule has 1 aromatic heterocycles. The first kappa shape index (κ1) is 12.1. The van der Waals surface area contributed by atoms with Crippen molar-refractivity contribution in [1.82, 2.24) is 9.97 Å². The van der Waals surface area contributed by atoms with Crippen LogP contribution in [0.4, 0.5) is 5.95 Å². The third-order valence-corrected chi connectivity index (χ3v) is 3.02. The number of aromatic nitrogens is 2. The molecule has 0 amide bonds. The van der Waals surface area contributed by atoms with Gasteiger partial charge in [-0.15, -0.1) is 0 Å². The first-order chi connectivity index (χ1) is 8.20. The molecule has 0 aromatic carbocycles. The second kappa shape index (κ2) is 5.31. The Morgan fingerprint density at radius 3 is 3.00 bits per heavy atom. The maximum Gasteiger partial charge on any atom is 0.228 e. The molecule has 0 aliphatic carbocycles. The molecule has 1 saturated heterocycles. The molecule has 2 atom stereocenters. The molecule has 94 valence electrons. The van der Waals surface area contributed by atoms with E-state index in [4.69, 9.17) is 10.5 Å². The molecule has 0 bridgehead atoms. The molecule has 2 N–H and O–H groups in total. The summed E-state index contributed by atoms with van der Waals surface area (Å²) >= 11 is 0. The van der Waals surface area contributed by atoms with Gasteiger partial charge in [0.1, 0.15) is 0 Å². The molecular weight excluding hydrogens is 216 g/mol. The number of nitrogens with zero attached hydrogens (tertiary/aromatic N) is 3. The van der Waals surface area contributed by atoms with Crippen molar-refractivity contribution in [3.63, 3.8) is 0 Å². The lowest BCUT2D eigenvalue weighted by Crippen LogP contribution is -2.29. The molecule has 17 heavy (non-hydrogen) atoms. The average Bonchev–Trinajstić information content (AvgIpc) is 2.68. The molecule has 1 aliphatic heterocycles. The van der Waals surface area contributed by atoms with E-state index in [2.05, 4.69) is 28.7 Å². The molecule has 0 spiro atoms. The third-order valence-electron chi connectivity index (χ3n) is 3.02. The Balaban J connectivity index is 2.06. The van der Waals surface area contributed by atoms with E-state index in [0.717, 1.165) is 25.5 Å². The van der Waals surface area contributed by atoms with Crippen LogP contribution >= 0.6 is 0 Å². The van der Waals surface area contributed by atoms with E-state index in [1.165, 1.54) is 0 Å². The molecule has 2 unspecified atom stereocenters. The van der Waals surface area contributed by atoms with Crippen LogP contribution < -0.4 is 15.4 Å². The van der Waals surface area contributed by atoms with Crippen LogP contribution in [0.25, 0.3) is 0 Å². The van der Waals surface area contributed by atoms with Gasteiger partial charge in [0.2, 0.25) is 11.8 Å². The van der Waals surface area contributed by atoms with Gasteiger partial charge in [0, 0.05) is 31.4 Å². The van der Waals surface area contributed by atoms with E-state index in [1.807, 2.05) is 0 Å². The summed E-state index contributed by atoms with van der Waals surface area (Å²) in [5, 5.41) is 0. The molecule has 5 heteroatoms. The van der Waals surface area contributed by atoms with Crippen molar-refractivity contribution in [2.24, 2.45) is 11.7 Å². The highest BCUT2D eigenvalue weighted by atomic mass is 16.5. The Bertz CT molecular complexity index is 361. The summed E-state index contributed by atoms with van der Waals surface area (Å²) in [6.45, 7) is 6.65. The van der Waals surface area contributed by atoms with Crippen LogP contribution in [0, 0.1) is 5.92 Å². The van der Waals surface area contributed by atoms with Crippen LogP contribution in [-0.2, 0) is 0 Å². The first-order valence-corrected chi connectivity index (χ1v) is 6.17. The lowest BCUT2D eigenvalue weighted by atomic mass is 10.1. The van der Waals surface area contributed by atoms with Gasteiger partial charge in [0.25, 0.3) is 0 Å². The molecule has 1 aromatic rings. The number of hydrogen-bond acceptors (Lipinski definition) is 5. The Kier molecular flexibility index (Phi) is 3.78. The minimum Gasteiger partial charge on any atom is -0.478 e. The number of nitrogens with two attached hydrogens (primary N) is 1. The molecule has 0 saturated carbocycles. The predicted molar refractivity (Wildman–Crippen MR) is 67.2 cm³/mol. The SMILES string of the molecule is CCCOc1ccnc(N2CC(C)C(N)C2)n1. The summed E-state index contributed by atoms with van der Waals surface area (Å²) in [6.07, 6.45) is 2.72. The van der Waals surface area contributed by atoms with Crippen molar-refractivity contribution < 1.29 is 4.74 Å². The Morgan fingerprint density at radius 2 is 2.35 bits per heavy atom. The summed E-state index contributed by atoms with van der Waals surface area (Å²) < 4.78 is 5.50. The number of ether oxygens (including phenoxy) is 1. The lowest BCUT2D eigenvalue weighted by Gasteiger charge is -2.16. The zero-order chi connectivity index (χ0) is 12.3. The average molecular weight is 236 g/mol. The summed E-state index contributed by atoms with van der Waals surface area (Å²) in [4.78, 5) is 10.8. The van der Waals surface area contributed by atoms with E-state index in [0.29, 0.717) is 18.4 Å². The monoisotopic (exact) mass is 236 g/mol. The normalized spacial score (nSPS) is 24.1. The zero-order valence-corrected chi connectivity index (χ0v) is 10.5. The van der Waals surface area contributed by atoms with Gasteiger partial charge in [0.05, 0.1) is 6.61 Å². The van der Waals surface area contributed by atoms with Gasteiger partial charge in [-0.05, 0) is 12.3 Å². The maximum atomic E-state index is 6.00. The smallest absolute Gasteiger partial charge is 0.228 e. The van der Waals surface area contributed by atoms with Gasteiger partial charge in [0.15, 0.2) is 0 Å². The van der Waals surface area contributed by atoms with Gasteiger partial charge in [-0.3, -0.25) is 0 Å². The summed E-state index contributed by atoms with van der Waals surface area (Å²) in [5.41, 5.74) is 6.00. The van der Waals surface area contributed by atoms with E-state index >= 15 is 0 Å². The second-order valence-corrected chi connectivity index (χ2v) is 4.59. The summed E-state index contributed by atoms with van der Waals surface area (Å²) in [6, 6.07) is 2.00. The van der Waals surface area contributed by atoms with Crippen LogP contribution in [0.2, 0.25) is 0 Å². The van der Waals surface area contributed by atoms with Gasteiger partial charge < -0.3 is 15.4 Å². The van der Waals surface area contributed by atoms with E-state index < -0.39 is 0 Å². The Hall–Kier alpha value is -1.36. The fourth-order valence-electron chi connectivity index (χ4n) is 1.93. The summed E-state index contributed by atoms with van der Waals surface area (Å²) in [7, 11) is 0. The van der Waals surface area contributed by atoms with Crippen LogP contribution in [0.1, 0.15) is 20.3 Å². The molecule has 1 fully saturated rings. The van der Waals surface area contributed by atoms with Crippen molar-refractivity contribution >= 4 is 5.95 Å². The van der Waals surface area contributed by atoms with Gasteiger partial charge in [-0.25, -0.2) is 4.98 Å². The Labute approximate surface area is 102 Å². The molecule has 5 nitrogen and oxygen atoms in total. The summed E-state index contributed by atoms with van der Waals surface area (Å²) in [5.74, 6) is 1.85. The van der Waals surface area contributed by atoms with Crippen LogP contribution in [0.3, 0.4) is 0 Å². The maximum absolute atomic E-state index is 6.00. The van der Waals surface area contributed by atoms with E-state index in [1.54, 1.807) is 12.3 Å². The van der Waals surface area contributed by atoms with Crippen molar-refractivity contribution in [3.05, 3.63) is 12.3 Å². The molecule has 0 radical (unpaired) electrons. The van der Waals surface area contributed by atoms with E-state index in [-0.39, 0.29) is 6.04 Å². The zero-order valence-electron chi connectivity index (χ0n) is 10.5. The fourth-order valence-corrected chi connectivity index (χ4v) is 1.93. The third kappa shape index (κ3) is 2.85. The van der Waals surface area contributed by atoms with Gasteiger partial charge in [-0.2, -0.15) is 4.98 Å². The van der Waals surface area contributed by atoms with Crippen molar-refractivity contribution in [2.75, 3.05) is 24.6 Å². The van der Waals surface area contributed by atoms with Crippen molar-refractivity contribution in [1.29, 1.82) is 0 Å². The quantitative estimate of drug-likeness (QED) is 0.846. The minimum absolute atomic E-state index is 0.207.